The predicted molar refractivity (Wildman–Crippen MR) is 80.4 cm³/mol. The lowest BCUT2D eigenvalue weighted by molar-refractivity contribution is -0.0498. The fourth-order valence-electron chi connectivity index (χ4n) is 1.65. The Morgan fingerprint density at radius 3 is 2.52 bits per heavy atom. The molecule has 0 aliphatic rings. The lowest BCUT2D eigenvalue weighted by Crippen LogP contribution is -2.03. The Labute approximate surface area is 126 Å². The topological polar surface area (TPSA) is 33.6 Å². The van der Waals surface area contributed by atoms with Gasteiger partial charge < -0.3 is 4.74 Å². The summed E-state index contributed by atoms with van der Waals surface area (Å²) in [5.74, 6) is 0.115. The molecule has 0 saturated heterocycles. The van der Waals surface area contributed by atoms with Crippen LogP contribution in [0.2, 0.25) is 5.02 Å². The summed E-state index contributed by atoms with van der Waals surface area (Å²) in [7, 11) is 0. The lowest BCUT2D eigenvalue weighted by Gasteiger charge is -2.06. The van der Waals surface area contributed by atoms with Gasteiger partial charge >= 0.3 is 6.61 Å². The summed E-state index contributed by atoms with van der Waals surface area (Å²) in [6.45, 7) is -1.02. The van der Waals surface area contributed by atoms with Crippen LogP contribution >= 0.6 is 11.6 Å². The van der Waals surface area contributed by atoms with Crippen molar-refractivity contribution in [2.75, 3.05) is 5.43 Å². The van der Waals surface area contributed by atoms with Gasteiger partial charge in [0, 0.05) is 5.02 Å². The van der Waals surface area contributed by atoms with Gasteiger partial charge in [0.2, 0.25) is 0 Å². The number of hydrazone groups is 1. The lowest BCUT2D eigenvalue weighted by atomic mass is 10.1. The third kappa shape index (κ3) is 4.72. The van der Waals surface area contributed by atoms with Crippen LogP contribution in [0.3, 0.4) is 0 Å². The zero-order valence-corrected chi connectivity index (χ0v) is 11.9. The van der Waals surface area contributed by atoms with Crippen LogP contribution in [0.1, 0.15) is 12.5 Å². The molecule has 0 radical (unpaired) electrons. The molecule has 2 aromatic rings. The maximum absolute atomic E-state index is 12.1. The molecule has 2 rings (SSSR count). The standard InChI is InChI=1S/C15H13ClF2N2O/c1-10(19-20-13-4-2-3-12(16)9-13)11-5-7-14(8-6-11)21-15(17)18/h2-9,15,20H,1H3/b19-10-. The number of hydrogen-bond acceptors (Lipinski definition) is 3. The van der Waals surface area contributed by atoms with Gasteiger partial charge in [-0.3, -0.25) is 5.43 Å². The minimum absolute atomic E-state index is 0.115. The Kier molecular flexibility index (Phi) is 5.11. The first kappa shape index (κ1) is 15.3. The van der Waals surface area contributed by atoms with Gasteiger partial charge in [-0.05, 0) is 55.0 Å². The van der Waals surface area contributed by atoms with E-state index in [1.165, 1.54) is 12.1 Å². The number of nitrogens with zero attached hydrogens (tertiary/aromatic N) is 1. The first-order valence-electron chi connectivity index (χ1n) is 6.16. The highest BCUT2D eigenvalue weighted by Gasteiger charge is 2.04. The van der Waals surface area contributed by atoms with Gasteiger partial charge in [-0.15, -0.1) is 0 Å². The molecule has 0 bridgehead atoms. The fourth-order valence-corrected chi connectivity index (χ4v) is 1.84. The fraction of sp³-hybridized carbons (Fsp3) is 0.133. The normalized spacial score (nSPS) is 11.6. The van der Waals surface area contributed by atoms with Crippen molar-refractivity contribution in [3.8, 4) is 5.75 Å². The highest BCUT2D eigenvalue weighted by Crippen LogP contribution is 2.17. The van der Waals surface area contributed by atoms with Gasteiger partial charge in [-0.1, -0.05) is 17.7 Å². The molecule has 0 unspecified atom stereocenters. The summed E-state index contributed by atoms with van der Waals surface area (Å²) in [6.07, 6.45) is 0. The Hall–Kier alpha value is -2.14. The van der Waals surface area contributed by atoms with Crippen LogP contribution in [0.15, 0.2) is 53.6 Å². The van der Waals surface area contributed by atoms with E-state index in [4.69, 9.17) is 11.6 Å². The van der Waals surface area contributed by atoms with Gasteiger partial charge in [-0.2, -0.15) is 13.9 Å². The first-order valence-corrected chi connectivity index (χ1v) is 6.53. The first-order chi connectivity index (χ1) is 10.0. The number of nitrogens with one attached hydrogen (secondary N) is 1. The molecular formula is C15H13ClF2N2O. The van der Waals surface area contributed by atoms with E-state index in [9.17, 15) is 8.78 Å². The molecule has 0 heterocycles. The van der Waals surface area contributed by atoms with Gasteiger partial charge in [0.05, 0.1) is 11.4 Å². The highest BCUT2D eigenvalue weighted by molar-refractivity contribution is 6.30. The summed E-state index contributed by atoms with van der Waals surface area (Å²) < 4.78 is 28.4. The Balaban J connectivity index is 2.05. The third-order valence-corrected chi connectivity index (χ3v) is 2.91. The Morgan fingerprint density at radius 2 is 1.90 bits per heavy atom. The van der Waals surface area contributed by atoms with Crippen LogP contribution in [0.5, 0.6) is 5.75 Å². The molecule has 0 atom stereocenters. The van der Waals surface area contributed by atoms with Crippen LogP contribution in [0.25, 0.3) is 0 Å². The molecule has 6 heteroatoms. The maximum Gasteiger partial charge on any atom is 0.387 e. The summed E-state index contributed by atoms with van der Waals surface area (Å²) in [5.41, 5.74) is 5.15. The average Bonchev–Trinajstić information content (AvgIpc) is 2.45. The van der Waals surface area contributed by atoms with Crippen molar-refractivity contribution in [2.45, 2.75) is 13.5 Å². The zero-order valence-electron chi connectivity index (χ0n) is 11.2. The van der Waals surface area contributed by atoms with Crippen molar-refractivity contribution >= 4 is 23.0 Å². The van der Waals surface area contributed by atoms with Crippen LogP contribution in [0.4, 0.5) is 14.5 Å². The van der Waals surface area contributed by atoms with E-state index in [-0.39, 0.29) is 5.75 Å². The Morgan fingerprint density at radius 1 is 1.19 bits per heavy atom. The maximum atomic E-state index is 12.1. The second-order valence-corrected chi connectivity index (χ2v) is 4.66. The summed E-state index contributed by atoms with van der Waals surface area (Å²) in [5, 5.41) is 4.83. The molecule has 3 nitrogen and oxygen atoms in total. The molecule has 0 spiro atoms. The van der Waals surface area contributed by atoms with Gasteiger partial charge in [0.15, 0.2) is 0 Å². The predicted octanol–water partition coefficient (Wildman–Crippen LogP) is 4.78. The van der Waals surface area contributed by atoms with E-state index in [1.807, 2.05) is 12.1 Å². The number of halogens is 3. The molecule has 0 aromatic heterocycles. The number of anilines is 1. The number of ether oxygens (including phenoxy) is 1. The van der Waals surface area contributed by atoms with E-state index in [1.54, 1.807) is 31.2 Å². The zero-order chi connectivity index (χ0) is 15.2. The minimum atomic E-state index is -2.82. The SMILES string of the molecule is C/C(=N/Nc1cccc(Cl)c1)c1ccc(OC(F)F)cc1. The molecular weight excluding hydrogens is 298 g/mol. The van der Waals surface area contributed by atoms with Crippen molar-refractivity contribution < 1.29 is 13.5 Å². The second kappa shape index (κ2) is 7.04. The molecule has 0 fully saturated rings. The van der Waals surface area contributed by atoms with Crippen molar-refractivity contribution in [3.05, 3.63) is 59.1 Å². The molecule has 0 aliphatic carbocycles. The van der Waals surface area contributed by atoms with Crippen LogP contribution in [-0.4, -0.2) is 12.3 Å². The summed E-state index contributed by atoms with van der Waals surface area (Å²) in [6, 6.07) is 13.4. The largest absolute Gasteiger partial charge is 0.435 e. The molecule has 2 aromatic carbocycles. The summed E-state index contributed by atoms with van der Waals surface area (Å²) in [4.78, 5) is 0. The monoisotopic (exact) mass is 310 g/mol. The van der Waals surface area contributed by atoms with Crippen molar-refractivity contribution in [2.24, 2.45) is 5.10 Å². The van der Waals surface area contributed by atoms with Gasteiger partial charge in [-0.25, -0.2) is 0 Å². The second-order valence-electron chi connectivity index (χ2n) is 4.22. The van der Waals surface area contributed by atoms with Crippen LogP contribution < -0.4 is 10.2 Å². The molecule has 110 valence electrons. The number of benzene rings is 2. The molecule has 0 saturated carbocycles. The molecule has 0 amide bonds. The quantitative estimate of drug-likeness (QED) is 0.637. The van der Waals surface area contributed by atoms with Crippen molar-refractivity contribution in [1.82, 2.24) is 0 Å². The van der Waals surface area contributed by atoms with Crippen LogP contribution in [0, 0.1) is 0 Å². The van der Waals surface area contributed by atoms with Gasteiger partial charge in [0.25, 0.3) is 0 Å². The van der Waals surface area contributed by atoms with E-state index in [2.05, 4.69) is 15.3 Å². The highest BCUT2D eigenvalue weighted by atomic mass is 35.5. The van der Waals surface area contributed by atoms with E-state index in [0.717, 1.165) is 11.3 Å². The molecule has 0 aliphatic heterocycles. The van der Waals surface area contributed by atoms with E-state index < -0.39 is 6.61 Å². The van der Waals surface area contributed by atoms with E-state index in [0.29, 0.717) is 10.7 Å². The van der Waals surface area contributed by atoms with E-state index >= 15 is 0 Å². The third-order valence-electron chi connectivity index (χ3n) is 2.67. The average molecular weight is 311 g/mol. The molecule has 1 N–H and O–H groups in total. The van der Waals surface area contributed by atoms with Crippen molar-refractivity contribution in [1.29, 1.82) is 0 Å². The number of hydrogen-bond donors (Lipinski definition) is 1. The smallest absolute Gasteiger partial charge is 0.387 e. The van der Waals surface area contributed by atoms with Crippen LogP contribution in [-0.2, 0) is 0 Å². The molecule has 21 heavy (non-hydrogen) atoms. The summed E-state index contributed by atoms with van der Waals surface area (Å²) >= 11 is 5.87. The number of rotatable bonds is 5. The number of alkyl halides is 2. The van der Waals surface area contributed by atoms with Crippen molar-refractivity contribution in [3.63, 3.8) is 0 Å². The Bertz CT molecular complexity index is 630. The minimum Gasteiger partial charge on any atom is -0.435 e. The van der Waals surface area contributed by atoms with Gasteiger partial charge in [0.1, 0.15) is 5.75 Å².